The standard InChI is InChI=1S/C9H7ClN2S/c1-6-9(11-12-13-6)7-4-2-3-5-8(7)10/h2-5H,1H3. The lowest BCUT2D eigenvalue weighted by Gasteiger charge is -1.99. The Morgan fingerprint density at radius 3 is 2.69 bits per heavy atom. The summed E-state index contributed by atoms with van der Waals surface area (Å²) >= 11 is 7.41. The first-order chi connectivity index (χ1) is 6.29. The smallest absolute Gasteiger partial charge is 0.110 e. The molecule has 0 spiro atoms. The molecule has 0 aliphatic carbocycles. The molecular formula is C9H7ClN2S. The summed E-state index contributed by atoms with van der Waals surface area (Å²) in [5.41, 5.74) is 1.84. The van der Waals surface area contributed by atoms with Crippen molar-refractivity contribution in [1.82, 2.24) is 9.59 Å². The van der Waals surface area contributed by atoms with Crippen molar-refractivity contribution in [3.63, 3.8) is 0 Å². The van der Waals surface area contributed by atoms with Gasteiger partial charge in [0.1, 0.15) is 5.69 Å². The molecule has 1 heterocycles. The normalized spacial score (nSPS) is 10.3. The molecule has 0 fully saturated rings. The summed E-state index contributed by atoms with van der Waals surface area (Å²) in [6, 6.07) is 7.66. The second-order valence-corrected chi connectivity index (χ2v) is 4.02. The van der Waals surface area contributed by atoms with E-state index >= 15 is 0 Å². The molecule has 0 unspecified atom stereocenters. The van der Waals surface area contributed by atoms with Crippen molar-refractivity contribution in [1.29, 1.82) is 0 Å². The van der Waals surface area contributed by atoms with Crippen LogP contribution in [0.15, 0.2) is 24.3 Å². The zero-order valence-electron chi connectivity index (χ0n) is 6.99. The summed E-state index contributed by atoms with van der Waals surface area (Å²) in [4.78, 5) is 1.09. The van der Waals surface area contributed by atoms with Crippen LogP contribution in [0.3, 0.4) is 0 Å². The van der Waals surface area contributed by atoms with Gasteiger partial charge in [0, 0.05) is 5.56 Å². The lowest BCUT2D eigenvalue weighted by Crippen LogP contribution is -1.81. The Hall–Kier alpha value is -0.930. The number of rotatable bonds is 1. The fourth-order valence-electron chi connectivity index (χ4n) is 1.13. The van der Waals surface area contributed by atoms with E-state index in [-0.39, 0.29) is 0 Å². The van der Waals surface area contributed by atoms with E-state index in [9.17, 15) is 0 Å². The van der Waals surface area contributed by atoms with E-state index in [1.165, 1.54) is 11.5 Å². The van der Waals surface area contributed by atoms with Gasteiger partial charge in [0.2, 0.25) is 0 Å². The van der Waals surface area contributed by atoms with Gasteiger partial charge in [-0.1, -0.05) is 34.3 Å². The molecule has 4 heteroatoms. The van der Waals surface area contributed by atoms with Crippen LogP contribution in [0.5, 0.6) is 0 Å². The summed E-state index contributed by atoms with van der Waals surface area (Å²) in [5.74, 6) is 0. The molecule has 0 radical (unpaired) electrons. The lowest BCUT2D eigenvalue weighted by atomic mass is 10.1. The van der Waals surface area contributed by atoms with E-state index < -0.39 is 0 Å². The highest BCUT2D eigenvalue weighted by molar-refractivity contribution is 7.05. The van der Waals surface area contributed by atoms with E-state index in [2.05, 4.69) is 9.59 Å². The maximum Gasteiger partial charge on any atom is 0.110 e. The average Bonchev–Trinajstić information content (AvgIpc) is 2.52. The van der Waals surface area contributed by atoms with Crippen molar-refractivity contribution in [3.8, 4) is 11.3 Å². The lowest BCUT2D eigenvalue weighted by molar-refractivity contribution is 1.16. The van der Waals surface area contributed by atoms with Crippen LogP contribution in [-0.4, -0.2) is 9.59 Å². The topological polar surface area (TPSA) is 25.8 Å². The fourth-order valence-corrected chi connectivity index (χ4v) is 1.84. The van der Waals surface area contributed by atoms with Crippen LogP contribution in [0.1, 0.15) is 4.88 Å². The van der Waals surface area contributed by atoms with Crippen molar-refractivity contribution >= 4 is 23.1 Å². The molecule has 13 heavy (non-hydrogen) atoms. The molecule has 0 amide bonds. The molecule has 2 aromatic rings. The third-order valence-electron chi connectivity index (χ3n) is 1.78. The highest BCUT2D eigenvalue weighted by atomic mass is 35.5. The average molecular weight is 211 g/mol. The largest absolute Gasteiger partial charge is 0.138 e. The minimum Gasteiger partial charge on any atom is -0.138 e. The molecule has 66 valence electrons. The van der Waals surface area contributed by atoms with Crippen LogP contribution in [0.25, 0.3) is 11.3 Å². The maximum absolute atomic E-state index is 6.02. The van der Waals surface area contributed by atoms with Crippen LogP contribution in [0.4, 0.5) is 0 Å². The van der Waals surface area contributed by atoms with Crippen LogP contribution >= 0.6 is 23.1 Å². The second kappa shape index (κ2) is 3.44. The Morgan fingerprint density at radius 2 is 2.08 bits per heavy atom. The Balaban J connectivity index is 2.59. The molecule has 2 nitrogen and oxygen atoms in total. The number of halogens is 1. The molecule has 1 aromatic heterocycles. The molecule has 0 atom stereocenters. The first-order valence-electron chi connectivity index (χ1n) is 3.83. The molecular weight excluding hydrogens is 204 g/mol. The van der Waals surface area contributed by atoms with Gasteiger partial charge in [0.25, 0.3) is 0 Å². The zero-order valence-corrected chi connectivity index (χ0v) is 8.56. The Morgan fingerprint density at radius 1 is 1.31 bits per heavy atom. The molecule has 0 saturated carbocycles. The van der Waals surface area contributed by atoms with Gasteiger partial charge >= 0.3 is 0 Å². The molecule has 2 rings (SSSR count). The Kier molecular flexibility index (Phi) is 2.29. The van der Waals surface area contributed by atoms with Crippen molar-refractivity contribution in [2.24, 2.45) is 0 Å². The van der Waals surface area contributed by atoms with E-state index in [1.807, 2.05) is 31.2 Å². The van der Waals surface area contributed by atoms with Gasteiger partial charge in [0.15, 0.2) is 0 Å². The molecule has 0 aliphatic rings. The summed E-state index contributed by atoms with van der Waals surface area (Å²) in [5, 5.41) is 4.75. The van der Waals surface area contributed by atoms with Crippen molar-refractivity contribution < 1.29 is 0 Å². The first-order valence-corrected chi connectivity index (χ1v) is 4.98. The third-order valence-corrected chi connectivity index (χ3v) is 2.74. The zero-order chi connectivity index (χ0) is 9.26. The third kappa shape index (κ3) is 1.57. The molecule has 0 saturated heterocycles. The number of aromatic nitrogens is 2. The van der Waals surface area contributed by atoms with Crippen LogP contribution in [0, 0.1) is 6.92 Å². The van der Waals surface area contributed by atoms with Gasteiger partial charge < -0.3 is 0 Å². The first kappa shape index (κ1) is 8.66. The Labute approximate surface area is 85.3 Å². The number of benzene rings is 1. The van der Waals surface area contributed by atoms with Gasteiger partial charge in [-0.2, -0.15) is 0 Å². The van der Waals surface area contributed by atoms with Crippen LogP contribution in [-0.2, 0) is 0 Å². The van der Waals surface area contributed by atoms with E-state index in [0.29, 0.717) is 0 Å². The SMILES string of the molecule is Cc1snnc1-c1ccccc1Cl. The molecule has 0 N–H and O–H groups in total. The minimum absolute atomic E-state index is 0.721. The van der Waals surface area contributed by atoms with Crippen molar-refractivity contribution in [2.75, 3.05) is 0 Å². The minimum atomic E-state index is 0.721. The Bertz CT molecular complexity index is 425. The quantitative estimate of drug-likeness (QED) is 0.723. The predicted molar refractivity (Wildman–Crippen MR) is 55.1 cm³/mol. The van der Waals surface area contributed by atoms with Gasteiger partial charge in [-0.25, -0.2) is 0 Å². The molecule has 0 aliphatic heterocycles. The summed E-state index contributed by atoms with van der Waals surface area (Å²) in [7, 11) is 0. The van der Waals surface area contributed by atoms with Gasteiger partial charge in [-0.05, 0) is 24.5 Å². The fraction of sp³-hybridized carbons (Fsp3) is 0.111. The van der Waals surface area contributed by atoms with Crippen molar-refractivity contribution in [2.45, 2.75) is 6.92 Å². The van der Waals surface area contributed by atoms with Crippen LogP contribution < -0.4 is 0 Å². The number of nitrogens with zero attached hydrogens (tertiary/aromatic N) is 2. The van der Waals surface area contributed by atoms with Gasteiger partial charge in [0.05, 0.1) is 9.90 Å². The summed E-state index contributed by atoms with van der Waals surface area (Å²) < 4.78 is 3.87. The monoisotopic (exact) mass is 210 g/mol. The summed E-state index contributed by atoms with van der Waals surface area (Å²) in [6.07, 6.45) is 0. The van der Waals surface area contributed by atoms with Gasteiger partial charge in [-0.3, -0.25) is 0 Å². The highest BCUT2D eigenvalue weighted by Gasteiger charge is 2.08. The molecule has 0 bridgehead atoms. The van der Waals surface area contributed by atoms with Gasteiger partial charge in [-0.15, -0.1) is 5.10 Å². The number of aryl methyl sites for hydroxylation is 1. The van der Waals surface area contributed by atoms with E-state index in [1.54, 1.807) is 0 Å². The highest BCUT2D eigenvalue weighted by Crippen LogP contribution is 2.29. The van der Waals surface area contributed by atoms with E-state index in [4.69, 9.17) is 11.6 Å². The predicted octanol–water partition coefficient (Wildman–Crippen LogP) is 3.17. The van der Waals surface area contributed by atoms with Crippen molar-refractivity contribution in [3.05, 3.63) is 34.2 Å². The van der Waals surface area contributed by atoms with E-state index in [0.717, 1.165) is 21.2 Å². The number of hydrogen-bond acceptors (Lipinski definition) is 3. The van der Waals surface area contributed by atoms with Crippen LogP contribution in [0.2, 0.25) is 5.02 Å². The second-order valence-electron chi connectivity index (χ2n) is 2.66. The number of hydrogen-bond donors (Lipinski definition) is 0. The summed E-state index contributed by atoms with van der Waals surface area (Å²) in [6.45, 7) is 1.99. The maximum atomic E-state index is 6.02. The molecule has 1 aromatic carbocycles.